The van der Waals surface area contributed by atoms with Gasteiger partial charge in [-0.05, 0) is 36.4 Å². The molecule has 2 rings (SSSR count). The highest BCUT2D eigenvalue weighted by molar-refractivity contribution is 9.10. The number of benzene rings is 2. The van der Waals surface area contributed by atoms with Crippen LogP contribution >= 0.6 is 27.5 Å². The van der Waals surface area contributed by atoms with Crippen LogP contribution in [0.1, 0.15) is 5.56 Å². The molecule has 0 atom stereocenters. The van der Waals surface area contributed by atoms with E-state index >= 15 is 0 Å². The van der Waals surface area contributed by atoms with E-state index in [0.29, 0.717) is 35.3 Å². The van der Waals surface area contributed by atoms with Gasteiger partial charge in [-0.1, -0.05) is 33.6 Å². The van der Waals surface area contributed by atoms with E-state index in [1.807, 2.05) is 6.07 Å². The number of hydrogen-bond acceptors (Lipinski definition) is 3. The van der Waals surface area contributed by atoms with Crippen LogP contribution in [0.4, 0.5) is 0 Å². The number of rotatable bonds is 5. The molecule has 0 spiro atoms. The van der Waals surface area contributed by atoms with Crippen LogP contribution in [-0.2, 0) is 0 Å². The lowest BCUT2D eigenvalue weighted by Crippen LogP contribution is -2.09. The largest absolute Gasteiger partial charge is 0.490 e. The van der Waals surface area contributed by atoms with Gasteiger partial charge in [0.1, 0.15) is 24.7 Å². The molecule has 0 unspecified atom stereocenters. The Morgan fingerprint density at radius 1 is 1.10 bits per heavy atom. The summed E-state index contributed by atoms with van der Waals surface area (Å²) in [5.74, 6) is 1.25. The van der Waals surface area contributed by atoms with Crippen LogP contribution < -0.4 is 9.47 Å². The summed E-state index contributed by atoms with van der Waals surface area (Å²) in [6, 6.07) is 14.5. The first-order valence-corrected chi connectivity index (χ1v) is 7.07. The van der Waals surface area contributed by atoms with E-state index in [1.54, 1.807) is 36.4 Å². The molecule has 0 N–H and O–H groups in total. The molecule has 2 aromatic carbocycles. The van der Waals surface area contributed by atoms with Crippen LogP contribution in [0.5, 0.6) is 11.5 Å². The molecule has 0 aliphatic heterocycles. The predicted octanol–water partition coefficient (Wildman–Crippen LogP) is 4.43. The van der Waals surface area contributed by atoms with E-state index in [0.717, 1.165) is 4.47 Å². The Hall–Kier alpha value is -1.70. The minimum absolute atomic E-state index is 0.368. The molecule has 0 radical (unpaired) electrons. The molecule has 5 heteroatoms. The van der Waals surface area contributed by atoms with Crippen LogP contribution in [-0.4, -0.2) is 13.2 Å². The fraction of sp³-hybridized carbons (Fsp3) is 0.133. The van der Waals surface area contributed by atoms with Crippen molar-refractivity contribution in [3.8, 4) is 17.6 Å². The summed E-state index contributed by atoms with van der Waals surface area (Å²) in [6.45, 7) is 0.741. The number of hydrogen-bond donors (Lipinski definition) is 0. The maximum Gasteiger partial charge on any atom is 0.139 e. The van der Waals surface area contributed by atoms with Crippen molar-refractivity contribution >= 4 is 27.5 Å². The summed E-state index contributed by atoms with van der Waals surface area (Å²) < 4.78 is 12.0. The van der Waals surface area contributed by atoms with E-state index in [-0.39, 0.29) is 0 Å². The summed E-state index contributed by atoms with van der Waals surface area (Å²) in [5, 5.41) is 9.34. The Kier molecular flexibility index (Phi) is 5.28. The van der Waals surface area contributed by atoms with E-state index in [4.69, 9.17) is 26.3 Å². The zero-order valence-corrected chi connectivity index (χ0v) is 12.8. The van der Waals surface area contributed by atoms with Gasteiger partial charge >= 0.3 is 0 Å². The van der Waals surface area contributed by atoms with Crippen LogP contribution in [0.3, 0.4) is 0 Å². The Morgan fingerprint density at radius 2 is 1.90 bits per heavy atom. The second-order valence-corrected chi connectivity index (χ2v) is 5.23. The van der Waals surface area contributed by atoms with Crippen molar-refractivity contribution in [3.05, 3.63) is 57.5 Å². The lowest BCUT2D eigenvalue weighted by Gasteiger charge is -2.10. The molecule has 2 aromatic rings. The lowest BCUT2D eigenvalue weighted by atomic mass is 10.2. The average Bonchev–Trinajstić information content (AvgIpc) is 2.47. The first kappa shape index (κ1) is 14.7. The van der Waals surface area contributed by atoms with E-state index in [1.165, 1.54) is 0 Å². The SMILES string of the molecule is N#Cc1cccc(OCCOc2cc(Br)ccc2Cl)c1. The van der Waals surface area contributed by atoms with Gasteiger partial charge in [-0.3, -0.25) is 0 Å². The fourth-order valence-corrected chi connectivity index (χ4v) is 2.07. The summed E-state index contributed by atoms with van der Waals surface area (Å²) in [5.41, 5.74) is 0.568. The highest BCUT2D eigenvalue weighted by Crippen LogP contribution is 2.27. The molecule has 3 nitrogen and oxygen atoms in total. The van der Waals surface area contributed by atoms with Gasteiger partial charge in [0, 0.05) is 4.47 Å². The van der Waals surface area contributed by atoms with Gasteiger partial charge in [0.25, 0.3) is 0 Å². The number of ether oxygens (including phenoxy) is 2. The standard InChI is InChI=1S/C15H11BrClNO2/c16-12-4-5-14(17)15(9-12)20-7-6-19-13-3-1-2-11(8-13)10-18/h1-5,8-9H,6-7H2. The molecule has 0 aromatic heterocycles. The summed E-state index contributed by atoms with van der Waals surface area (Å²) >= 11 is 9.37. The Morgan fingerprint density at radius 3 is 2.70 bits per heavy atom. The zero-order chi connectivity index (χ0) is 14.4. The summed E-state index contributed by atoms with van der Waals surface area (Å²) in [7, 11) is 0. The number of nitrogens with zero attached hydrogens (tertiary/aromatic N) is 1. The maximum atomic E-state index is 8.79. The Balaban J connectivity index is 1.84. The highest BCUT2D eigenvalue weighted by atomic mass is 79.9. The molecule has 0 amide bonds. The maximum absolute atomic E-state index is 8.79. The van der Waals surface area contributed by atoms with Crippen LogP contribution in [0, 0.1) is 11.3 Å². The number of nitriles is 1. The fourth-order valence-electron chi connectivity index (χ4n) is 1.55. The molecule has 0 aliphatic rings. The first-order valence-electron chi connectivity index (χ1n) is 5.90. The number of halogens is 2. The summed E-state index contributed by atoms with van der Waals surface area (Å²) in [4.78, 5) is 0. The quantitative estimate of drug-likeness (QED) is 0.747. The minimum atomic E-state index is 0.368. The molecule has 20 heavy (non-hydrogen) atoms. The third kappa shape index (κ3) is 4.16. The minimum Gasteiger partial charge on any atom is -0.490 e. The predicted molar refractivity (Wildman–Crippen MR) is 81.3 cm³/mol. The third-order valence-corrected chi connectivity index (χ3v) is 3.27. The van der Waals surface area contributed by atoms with Crippen LogP contribution in [0.2, 0.25) is 5.02 Å². The summed E-state index contributed by atoms with van der Waals surface area (Å²) in [6.07, 6.45) is 0. The van der Waals surface area contributed by atoms with Gasteiger partial charge in [0.15, 0.2) is 0 Å². The average molecular weight is 353 g/mol. The molecule has 0 saturated carbocycles. The molecule has 0 heterocycles. The molecule has 0 bridgehead atoms. The van der Waals surface area contributed by atoms with Gasteiger partial charge in [0.05, 0.1) is 16.7 Å². The van der Waals surface area contributed by atoms with E-state index in [2.05, 4.69) is 22.0 Å². The molecular formula is C15H11BrClNO2. The molecule has 0 fully saturated rings. The van der Waals surface area contributed by atoms with Crippen molar-refractivity contribution in [1.82, 2.24) is 0 Å². The second-order valence-electron chi connectivity index (χ2n) is 3.91. The molecular weight excluding hydrogens is 342 g/mol. The van der Waals surface area contributed by atoms with Crippen molar-refractivity contribution < 1.29 is 9.47 Å². The normalized spacial score (nSPS) is 9.85. The topological polar surface area (TPSA) is 42.2 Å². The smallest absolute Gasteiger partial charge is 0.139 e. The van der Waals surface area contributed by atoms with Crippen molar-refractivity contribution in [2.45, 2.75) is 0 Å². The Bertz CT molecular complexity index is 640. The Labute approximate surface area is 130 Å². The van der Waals surface area contributed by atoms with Gasteiger partial charge in [-0.15, -0.1) is 0 Å². The molecule has 0 saturated heterocycles. The van der Waals surface area contributed by atoms with E-state index in [9.17, 15) is 0 Å². The second kappa shape index (κ2) is 7.18. The highest BCUT2D eigenvalue weighted by Gasteiger charge is 2.02. The van der Waals surface area contributed by atoms with Crippen molar-refractivity contribution in [1.29, 1.82) is 5.26 Å². The van der Waals surface area contributed by atoms with Gasteiger partial charge in [0.2, 0.25) is 0 Å². The van der Waals surface area contributed by atoms with Crippen LogP contribution in [0.25, 0.3) is 0 Å². The van der Waals surface area contributed by atoms with Gasteiger partial charge in [-0.2, -0.15) is 5.26 Å². The van der Waals surface area contributed by atoms with Crippen molar-refractivity contribution in [3.63, 3.8) is 0 Å². The third-order valence-electron chi connectivity index (χ3n) is 2.47. The molecule has 0 aliphatic carbocycles. The van der Waals surface area contributed by atoms with E-state index < -0.39 is 0 Å². The van der Waals surface area contributed by atoms with Crippen molar-refractivity contribution in [2.24, 2.45) is 0 Å². The van der Waals surface area contributed by atoms with Gasteiger partial charge < -0.3 is 9.47 Å². The van der Waals surface area contributed by atoms with Crippen molar-refractivity contribution in [2.75, 3.05) is 13.2 Å². The molecule has 102 valence electrons. The monoisotopic (exact) mass is 351 g/mol. The zero-order valence-electron chi connectivity index (χ0n) is 10.5. The van der Waals surface area contributed by atoms with Crippen LogP contribution in [0.15, 0.2) is 46.9 Å². The lowest BCUT2D eigenvalue weighted by molar-refractivity contribution is 0.217. The van der Waals surface area contributed by atoms with Gasteiger partial charge in [-0.25, -0.2) is 0 Å². The first-order chi connectivity index (χ1) is 9.69.